The quantitative estimate of drug-likeness (QED) is 0.654. The number of sulfonamides is 1. The molecule has 1 amide bonds. The molecule has 0 atom stereocenters. The number of pyridine rings is 1. The van der Waals surface area contributed by atoms with E-state index in [-0.39, 0.29) is 17.2 Å². The van der Waals surface area contributed by atoms with Crippen molar-refractivity contribution in [2.45, 2.75) is 42.0 Å². The van der Waals surface area contributed by atoms with Crippen molar-refractivity contribution in [3.05, 3.63) is 48.2 Å². The van der Waals surface area contributed by atoms with Crippen LogP contribution in [0.1, 0.15) is 37.7 Å². The van der Waals surface area contributed by atoms with Gasteiger partial charge >= 0.3 is 0 Å². The Hall–Kier alpha value is -2.41. The van der Waals surface area contributed by atoms with Crippen LogP contribution in [0.3, 0.4) is 0 Å². The second-order valence-electron chi connectivity index (χ2n) is 6.95. The third-order valence-electron chi connectivity index (χ3n) is 4.81. The fourth-order valence-electron chi connectivity index (χ4n) is 3.19. The van der Waals surface area contributed by atoms with Gasteiger partial charge in [-0.2, -0.15) is 9.57 Å². The molecule has 2 aromatic rings. The van der Waals surface area contributed by atoms with E-state index in [0.717, 1.165) is 25.7 Å². The Bertz CT molecular complexity index is 1010. The van der Waals surface area contributed by atoms with E-state index in [0.29, 0.717) is 35.1 Å². The van der Waals surface area contributed by atoms with E-state index in [1.54, 1.807) is 40.7 Å². The molecule has 1 fully saturated rings. The molecule has 0 radical (unpaired) electrons. The summed E-state index contributed by atoms with van der Waals surface area (Å²) in [7, 11) is -3.51. The molecule has 0 saturated carbocycles. The van der Waals surface area contributed by atoms with E-state index in [9.17, 15) is 13.2 Å². The maximum atomic E-state index is 12.8. The first-order chi connectivity index (χ1) is 14.5. The van der Waals surface area contributed by atoms with Gasteiger partial charge in [-0.25, -0.2) is 13.4 Å². The van der Waals surface area contributed by atoms with E-state index >= 15 is 0 Å². The number of nitrogens with one attached hydrogen (secondary N) is 1. The summed E-state index contributed by atoms with van der Waals surface area (Å²) in [6.07, 6.45) is 5.56. The van der Waals surface area contributed by atoms with Crippen LogP contribution in [0, 0.1) is 11.3 Å². The maximum absolute atomic E-state index is 12.8. The van der Waals surface area contributed by atoms with Crippen molar-refractivity contribution in [1.82, 2.24) is 9.29 Å². The Balaban J connectivity index is 1.52. The summed E-state index contributed by atoms with van der Waals surface area (Å²) in [5.74, 6) is 0.303. The van der Waals surface area contributed by atoms with E-state index in [4.69, 9.17) is 5.26 Å². The number of para-hydroxylation sites is 1. The van der Waals surface area contributed by atoms with E-state index in [1.807, 2.05) is 6.07 Å². The highest BCUT2D eigenvalue weighted by Crippen LogP contribution is 2.23. The topological polar surface area (TPSA) is 103 Å². The smallest absolute Gasteiger partial charge is 0.244 e. The number of carbonyl (C=O) groups excluding carboxylic acids is 1. The molecule has 3 rings (SSSR count). The maximum Gasteiger partial charge on any atom is 0.244 e. The number of nitrogens with zero attached hydrogens (tertiary/aromatic N) is 3. The lowest BCUT2D eigenvalue weighted by atomic mass is 10.2. The van der Waals surface area contributed by atoms with Crippen molar-refractivity contribution in [2.24, 2.45) is 0 Å². The lowest BCUT2D eigenvalue weighted by Crippen LogP contribution is -2.32. The molecular weight excluding hydrogens is 420 g/mol. The molecule has 1 aromatic carbocycles. The van der Waals surface area contributed by atoms with E-state index in [2.05, 4.69) is 10.3 Å². The zero-order chi connectivity index (χ0) is 21.4. The van der Waals surface area contributed by atoms with Crippen LogP contribution in [-0.2, 0) is 14.8 Å². The number of rotatable bonds is 7. The minimum absolute atomic E-state index is 0.189. The molecule has 30 heavy (non-hydrogen) atoms. The summed E-state index contributed by atoms with van der Waals surface area (Å²) in [5, 5.41) is 12.5. The Morgan fingerprint density at radius 2 is 1.87 bits per heavy atom. The van der Waals surface area contributed by atoms with Gasteiger partial charge in [0.25, 0.3) is 0 Å². The normalized spacial score (nSPS) is 15.2. The van der Waals surface area contributed by atoms with Crippen molar-refractivity contribution in [3.63, 3.8) is 0 Å². The molecule has 0 bridgehead atoms. The van der Waals surface area contributed by atoms with E-state index < -0.39 is 10.0 Å². The second-order valence-corrected chi connectivity index (χ2v) is 10.0. The lowest BCUT2D eigenvalue weighted by molar-refractivity contribution is -0.115. The number of benzene rings is 1. The van der Waals surface area contributed by atoms with Crippen LogP contribution < -0.4 is 5.32 Å². The van der Waals surface area contributed by atoms with Gasteiger partial charge in [-0.15, -0.1) is 11.8 Å². The molecule has 0 unspecified atom stereocenters. The molecule has 0 aliphatic carbocycles. The summed E-state index contributed by atoms with van der Waals surface area (Å²) >= 11 is 1.38. The Morgan fingerprint density at radius 1 is 1.13 bits per heavy atom. The molecule has 7 nitrogen and oxygen atoms in total. The predicted molar refractivity (Wildman–Crippen MR) is 117 cm³/mol. The first kappa shape index (κ1) is 22.3. The first-order valence-electron chi connectivity index (χ1n) is 9.89. The number of amides is 1. The SMILES string of the molecule is N#Cc1ccccc1NC(=O)CCSc1ccc(S(=O)(=O)N2CCCCCC2)cn1. The second kappa shape index (κ2) is 10.6. The minimum Gasteiger partial charge on any atom is -0.325 e. The molecule has 1 aliphatic rings. The van der Waals surface area contributed by atoms with Gasteiger partial charge in [0.2, 0.25) is 15.9 Å². The third kappa shape index (κ3) is 5.81. The van der Waals surface area contributed by atoms with Crippen LogP contribution in [0.4, 0.5) is 5.69 Å². The standard InChI is InChI=1S/C21H24N4O3S2/c22-15-17-7-3-4-8-19(17)24-20(26)11-14-29-21-10-9-18(16-23-21)30(27,28)25-12-5-1-2-6-13-25/h3-4,7-10,16H,1-2,5-6,11-14H2,(H,24,26). The van der Waals surface area contributed by atoms with Gasteiger partial charge in [0.15, 0.2) is 0 Å². The van der Waals surface area contributed by atoms with Crippen molar-refractivity contribution in [1.29, 1.82) is 5.26 Å². The average molecular weight is 445 g/mol. The van der Waals surface area contributed by atoms with Gasteiger partial charge in [0.1, 0.15) is 11.0 Å². The number of hydrogen-bond acceptors (Lipinski definition) is 6. The van der Waals surface area contributed by atoms with Gasteiger partial charge in [0.05, 0.1) is 16.3 Å². The van der Waals surface area contributed by atoms with E-state index in [1.165, 1.54) is 18.0 Å². The highest BCUT2D eigenvalue weighted by atomic mass is 32.2. The van der Waals surface area contributed by atoms with Crippen LogP contribution in [0.5, 0.6) is 0 Å². The van der Waals surface area contributed by atoms with Crippen LogP contribution >= 0.6 is 11.8 Å². The Labute approximate surface area is 181 Å². The number of hydrogen-bond donors (Lipinski definition) is 1. The van der Waals surface area contributed by atoms with Crippen LogP contribution in [0.15, 0.2) is 52.5 Å². The molecule has 1 aromatic heterocycles. The summed E-state index contributed by atoms with van der Waals surface area (Å²) in [6.45, 7) is 1.12. The Kier molecular flexibility index (Phi) is 7.85. The largest absolute Gasteiger partial charge is 0.325 e. The van der Waals surface area contributed by atoms with Crippen LogP contribution in [0.25, 0.3) is 0 Å². The highest BCUT2D eigenvalue weighted by molar-refractivity contribution is 7.99. The fraction of sp³-hybridized carbons (Fsp3) is 0.381. The monoisotopic (exact) mass is 444 g/mol. The molecular formula is C21H24N4O3S2. The zero-order valence-electron chi connectivity index (χ0n) is 16.6. The molecule has 158 valence electrons. The van der Waals surface area contributed by atoms with Gasteiger partial charge in [-0.3, -0.25) is 4.79 Å². The Morgan fingerprint density at radius 3 is 2.53 bits per heavy atom. The first-order valence-corrected chi connectivity index (χ1v) is 12.3. The summed E-state index contributed by atoms with van der Waals surface area (Å²) in [5.41, 5.74) is 0.914. The van der Waals surface area contributed by atoms with Crippen LogP contribution in [-0.4, -0.2) is 42.5 Å². The highest BCUT2D eigenvalue weighted by Gasteiger charge is 2.25. The lowest BCUT2D eigenvalue weighted by Gasteiger charge is -2.19. The third-order valence-corrected chi connectivity index (χ3v) is 7.64. The van der Waals surface area contributed by atoms with Gasteiger partial charge in [0, 0.05) is 31.5 Å². The number of aromatic nitrogens is 1. The summed E-state index contributed by atoms with van der Waals surface area (Å²) in [6, 6.07) is 12.1. The molecule has 0 spiro atoms. The molecule has 2 heterocycles. The van der Waals surface area contributed by atoms with Gasteiger partial charge in [-0.05, 0) is 37.1 Å². The molecule has 1 aliphatic heterocycles. The van der Waals surface area contributed by atoms with Crippen molar-refractivity contribution >= 4 is 33.4 Å². The summed E-state index contributed by atoms with van der Waals surface area (Å²) in [4.78, 5) is 16.6. The number of anilines is 1. The zero-order valence-corrected chi connectivity index (χ0v) is 18.2. The fourth-order valence-corrected chi connectivity index (χ4v) is 5.44. The van der Waals surface area contributed by atoms with Gasteiger partial charge < -0.3 is 5.32 Å². The number of thioether (sulfide) groups is 1. The van der Waals surface area contributed by atoms with Crippen molar-refractivity contribution in [3.8, 4) is 6.07 Å². The van der Waals surface area contributed by atoms with Crippen LogP contribution in [0.2, 0.25) is 0 Å². The minimum atomic E-state index is -3.51. The molecule has 1 N–H and O–H groups in total. The summed E-state index contributed by atoms with van der Waals surface area (Å²) < 4.78 is 27.1. The number of nitriles is 1. The van der Waals surface area contributed by atoms with Crippen molar-refractivity contribution in [2.75, 3.05) is 24.2 Å². The predicted octanol–water partition coefficient (Wildman–Crippen LogP) is 3.64. The number of carbonyl (C=O) groups is 1. The van der Waals surface area contributed by atoms with Gasteiger partial charge in [-0.1, -0.05) is 25.0 Å². The average Bonchev–Trinajstić information content (AvgIpc) is 3.05. The molecule has 9 heteroatoms. The molecule has 1 saturated heterocycles. The van der Waals surface area contributed by atoms with Crippen molar-refractivity contribution < 1.29 is 13.2 Å².